The number of hydrogen-bond acceptors (Lipinski definition) is 3. The van der Waals surface area contributed by atoms with Crippen LogP contribution >= 0.6 is 0 Å². The maximum atomic E-state index is 12.6. The van der Waals surface area contributed by atoms with Crippen LogP contribution in [0, 0.1) is 19.8 Å². The lowest BCUT2D eigenvalue weighted by molar-refractivity contribution is 0.0753. The summed E-state index contributed by atoms with van der Waals surface area (Å²) in [6.45, 7) is 7.36. The second-order valence-electron chi connectivity index (χ2n) is 5.64. The van der Waals surface area contributed by atoms with Gasteiger partial charge in [0.05, 0.1) is 6.61 Å². The number of amides is 1. The van der Waals surface area contributed by atoms with Crippen molar-refractivity contribution in [2.45, 2.75) is 33.6 Å². The van der Waals surface area contributed by atoms with Crippen LogP contribution in [0.2, 0.25) is 0 Å². The minimum Gasteiger partial charge on any atom is -0.450 e. The van der Waals surface area contributed by atoms with Crippen molar-refractivity contribution in [2.24, 2.45) is 5.92 Å². The number of likely N-dealkylation sites (tertiary alicyclic amines) is 1. The van der Waals surface area contributed by atoms with Crippen molar-refractivity contribution in [1.29, 1.82) is 0 Å². The molecule has 0 bridgehead atoms. The van der Waals surface area contributed by atoms with Gasteiger partial charge in [-0.1, -0.05) is 17.7 Å². The second-order valence-corrected chi connectivity index (χ2v) is 5.64. The van der Waals surface area contributed by atoms with E-state index in [4.69, 9.17) is 4.74 Å². The van der Waals surface area contributed by atoms with Crippen LogP contribution in [-0.4, -0.2) is 36.5 Å². The topological polar surface area (TPSA) is 46.6 Å². The summed E-state index contributed by atoms with van der Waals surface area (Å²) < 4.78 is 5.00. The number of carbonyl (C=O) groups is 2. The predicted molar refractivity (Wildman–Crippen MR) is 81.6 cm³/mol. The van der Waals surface area contributed by atoms with Crippen molar-refractivity contribution in [3.05, 3.63) is 34.9 Å². The number of ether oxygens (including phenoxy) is 1. The molecule has 21 heavy (non-hydrogen) atoms. The van der Waals surface area contributed by atoms with Crippen LogP contribution in [0.5, 0.6) is 0 Å². The fourth-order valence-corrected chi connectivity index (χ4v) is 2.76. The van der Waals surface area contributed by atoms with Crippen LogP contribution in [0.25, 0.3) is 0 Å². The Morgan fingerprint density at radius 2 is 1.90 bits per heavy atom. The molecule has 0 unspecified atom stereocenters. The number of piperidine rings is 1. The number of ketones is 1. The zero-order valence-corrected chi connectivity index (χ0v) is 13.0. The molecular formula is C17H23NO3. The fraction of sp³-hybridized carbons (Fsp3) is 0.529. The summed E-state index contributed by atoms with van der Waals surface area (Å²) in [5, 5.41) is 0. The number of Topliss-reactive ketones (excluding diaryl/α,β-unsaturated/α-hetero) is 1. The van der Waals surface area contributed by atoms with E-state index in [1.54, 1.807) is 11.8 Å². The minimum atomic E-state index is -0.268. The van der Waals surface area contributed by atoms with Gasteiger partial charge in [0.25, 0.3) is 0 Å². The van der Waals surface area contributed by atoms with Gasteiger partial charge in [-0.2, -0.15) is 0 Å². The van der Waals surface area contributed by atoms with Crippen molar-refractivity contribution in [1.82, 2.24) is 4.90 Å². The lowest BCUT2D eigenvalue weighted by atomic mass is 9.87. The summed E-state index contributed by atoms with van der Waals surface area (Å²) in [5.74, 6) is 0.218. The third-order valence-corrected chi connectivity index (χ3v) is 4.05. The highest BCUT2D eigenvalue weighted by Crippen LogP contribution is 2.24. The zero-order valence-electron chi connectivity index (χ0n) is 13.0. The van der Waals surface area contributed by atoms with E-state index in [0.29, 0.717) is 32.5 Å². The number of benzene rings is 1. The Morgan fingerprint density at radius 1 is 1.24 bits per heavy atom. The Labute approximate surface area is 126 Å². The molecule has 0 saturated carbocycles. The second kappa shape index (κ2) is 6.74. The van der Waals surface area contributed by atoms with Gasteiger partial charge in [-0.3, -0.25) is 4.79 Å². The smallest absolute Gasteiger partial charge is 0.409 e. The van der Waals surface area contributed by atoms with Crippen molar-refractivity contribution in [2.75, 3.05) is 19.7 Å². The van der Waals surface area contributed by atoms with E-state index < -0.39 is 0 Å². The molecule has 0 spiro atoms. The Hall–Kier alpha value is -1.84. The summed E-state index contributed by atoms with van der Waals surface area (Å²) in [7, 11) is 0. The molecule has 1 aromatic carbocycles. The van der Waals surface area contributed by atoms with Gasteiger partial charge in [-0.05, 0) is 45.2 Å². The van der Waals surface area contributed by atoms with E-state index in [9.17, 15) is 9.59 Å². The normalized spacial score (nSPS) is 15.9. The number of carbonyl (C=O) groups excluding carboxylic acids is 2. The third kappa shape index (κ3) is 3.63. The molecule has 0 atom stereocenters. The Balaban J connectivity index is 2.00. The molecule has 114 valence electrons. The Morgan fingerprint density at radius 3 is 2.52 bits per heavy atom. The maximum absolute atomic E-state index is 12.6. The van der Waals surface area contributed by atoms with Crippen molar-refractivity contribution in [3.63, 3.8) is 0 Å². The van der Waals surface area contributed by atoms with Gasteiger partial charge in [0.1, 0.15) is 0 Å². The lowest BCUT2D eigenvalue weighted by Crippen LogP contribution is -2.40. The van der Waals surface area contributed by atoms with Gasteiger partial charge < -0.3 is 9.64 Å². The molecule has 1 heterocycles. The molecule has 1 aliphatic heterocycles. The molecule has 0 aromatic heterocycles. The molecule has 1 aliphatic rings. The number of nitrogens with zero attached hydrogens (tertiary/aromatic N) is 1. The highest BCUT2D eigenvalue weighted by molar-refractivity contribution is 5.99. The molecule has 1 aromatic rings. The Bertz CT molecular complexity index is 531. The van der Waals surface area contributed by atoms with Crippen molar-refractivity contribution in [3.8, 4) is 0 Å². The molecule has 4 heteroatoms. The van der Waals surface area contributed by atoms with Crippen LogP contribution in [-0.2, 0) is 4.74 Å². The van der Waals surface area contributed by atoms with E-state index in [-0.39, 0.29) is 17.8 Å². The molecule has 1 amide bonds. The minimum absolute atomic E-state index is 0.0103. The van der Waals surface area contributed by atoms with Gasteiger partial charge in [0.15, 0.2) is 5.78 Å². The molecule has 1 saturated heterocycles. The number of hydrogen-bond donors (Lipinski definition) is 0. The van der Waals surface area contributed by atoms with Crippen LogP contribution in [0.15, 0.2) is 18.2 Å². The first kappa shape index (κ1) is 15.5. The first-order valence-electron chi connectivity index (χ1n) is 7.56. The van der Waals surface area contributed by atoms with Gasteiger partial charge in [-0.15, -0.1) is 0 Å². The average Bonchev–Trinajstić information content (AvgIpc) is 2.49. The first-order valence-corrected chi connectivity index (χ1v) is 7.56. The largest absolute Gasteiger partial charge is 0.450 e. The van der Waals surface area contributed by atoms with Crippen LogP contribution in [0.1, 0.15) is 41.3 Å². The maximum Gasteiger partial charge on any atom is 0.409 e. The van der Waals surface area contributed by atoms with Crippen molar-refractivity contribution < 1.29 is 14.3 Å². The predicted octanol–water partition coefficient (Wildman–Crippen LogP) is 3.35. The summed E-state index contributed by atoms with van der Waals surface area (Å²) in [6, 6.07) is 5.99. The van der Waals surface area contributed by atoms with Crippen LogP contribution in [0.3, 0.4) is 0 Å². The SMILES string of the molecule is CCOC(=O)N1CCC(C(=O)c2cc(C)ccc2C)CC1. The molecule has 1 fully saturated rings. The number of rotatable bonds is 3. The third-order valence-electron chi connectivity index (χ3n) is 4.05. The zero-order chi connectivity index (χ0) is 15.4. The van der Waals surface area contributed by atoms with E-state index >= 15 is 0 Å². The summed E-state index contributed by atoms with van der Waals surface area (Å²) in [6.07, 6.45) is 1.16. The molecule has 0 aliphatic carbocycles. The van der Waals surface area contributed by atoms with E-state index in [1.165, 1.54) is 0 Å². The quantitative estimate of drug-likeness (QED) is 0.802. The highest BCUT2D eigenvalue weighted by atomic mass is 16.6. The summed E-state index contributed by atoms with van der Waals surface area (Å²) >= 11 is 0. The molecule has 0 N–H and O–H groups in total. The van der Waals surface area contributed by atoms with E-state index in [2.05, 4.69) is 0 Å². The van der Waals surface area contributed by atoms with Gasteiger partial charge in [0, 0.05) is 24.6 Å². The van der Waals surface area contributed by atoms with Crippen molar-refractivity contribution >= 4 is 11.9 Å². The first-order chi connectivity index (χ1) is 10.0. The standard InChI is InChI=1S/C17H23NO3/c1-4-21-17(20)18-9-7-14(8-10-18)16(19)15-11-12(2)5-6-13(15)3/h5-6,11,14H,4,7-10H2,1-3H3. The molecule has 4 nitrogen and oxygen atoms in total. The van der Waals surface area contributed by atoms with E-state index in [1.807, 2.05) is 32.0 Å². The fourth-order valence-electron chi connectivity index (χ4n) is 2.76. The number of aryl methyl sites for hydroxylation is 2. The lowest BCUT2D eigenvalue weighted by Gasteiger charge is -2.30. The summed E-state index contributed by atoms with van der Waals surface area (Å²) in [4.78, 5) is 26.0. The highest BCUT2D eigenvalue weighted by Gasteiger charge is 2.29. The summed E-state index contributed by atoms with van der Waals surface area (Å²) in [5.41, 5.74) is 2.95. The monoisotopic (exact) mass is 289 g/mol. The van der Waals surface area contributed by atoms with E-state index in [0.717, 1.165) is 16.7 Å². The van der Waals surface area contributed by atoms with Gasteiger partial charge >= 0.3 is 6.09 Å². The molecular weight excluding hydrogens is 266 g/mol. The molecule has 2 rings (SSSR count). The van der Waals surface area contributed by atoms with Gasteiger partial charge in [-0.25, -0.2) is 4.79 Å². The van der Waals surface area contributed by atoms with Crippen LogP contribution in [0.4, 0.5) is 4.79 Å². The Kier molecular flexibility index (Phi) is 4.99. The van der Waals surface area contributed by atoms with Crippen LogP contribution < -0.4 is 0 Å². The average molecular weight is 289 g/mol. The molecule has 0 radical (unpaired) electrons. The van der Waals surface area contributed by atoms with Gasteiger partial charge in [0.2, 0.25) is 0 Å².